The van der Waals surface area contributed by atoms with E-state index in [9.17, 15) is 9.59 Å². The highest BCUT2D eigenvalue weighted by Crippen LogP contribution is 2.40. The zero-order valence-corrected chi connectivity index (χ0v) is 16.9. The summed E-state index contributed by atoms with van der Waals surface area (Å²) in [6.07, 6.45) is -1.28. The molecule has 10 nitrogen and oxygen atoms in total. The average Bonchev–Trinajstić information content (AvgIpc) is 3.25. The summed E-state index contributed by atoms with van der Waals surface area (Å²) in [6.45, 7) is 0.715. The van der Waals surface area contributed by atoms with Crippen LogP contribution >= 0.6 is 0 Å². The van der Waals surface area contributed by atoms with Crippen molar-refractivity contribution in [3.8, 4) is 0 Å². The smallest absolute Gasteiger partial charge is 0.310 e. The number of ether oxygens (including phenoxy) is 2. The largest absolute Gasteiger partial charge is 0.462 e. The highest BCUT2D eigenvalue weighted by Gasteiger charge is 2.55. The van der Waals surface area contributed by atoms with Gasteiger partial charge < -0.3 is 20.5 Å². The van der Waals surface area contributed by atoms with Crippen molar-refractivity contribution >= 4 is 34.7 Å². The van der Waals surface area contributed by atoms with Crippen molar-refractivity contribution in [3.05, 3.63) is 42.2 Å². The first-order valence-electron chi connectivity index (χ1n) is 9.57. The molecule has 4 rings (SSSR count). The van der Waals surface area contributed by atoms with Gasteiger partial charge in [-0.05, 0) is 12.5 Å². The van der Waals surface area contributed by atoms with Gasteiger partial charge in [-0.25, -0.2) is 9.37 Å². The Morgan fingerprint density at radius 1 is 1.35 bits per heavy atom. The number of nitrogen functional groups attached to an aromatic ring is 1. The number of aromatic nitrogens is 4. The molecule has 1 aromatic carbocycles. The number of benzene rings is 1. The summed E-state index contributed by atoms with van der Waals surface area (Å²) in [4.78, 5) is 37.1. The Morgan fingerprint density at radius 2 is 2.10 bits per heavy atom. The summed E-state index contributed by atoms with van der Waals surface area (Å²) < 4.78 is 27.5. The lowest BCUT2D eigenvalue weighted by Crippen LogP contribution is -2.36. The molecule has 3 aromatic rings. The van der Waals surface area contributed by atoms with Crippen LogP contribution in [-0.4, -0.2) is 56.7 Å². The first-order valence-corrected chi connectivity index (χ1v) is 9.57. The van der Waals surface area contributed by atoms with Crippen LogP contribution in [-0.2, 0) is 25.5 Å². The van der Waals surface area contributed by atoms with Crippen LogP contribution in [0.1, 0.15) is 18.7 Å². The van der Waals surface area contributed by atoms with Crippen molar-refractivity contribution in [2.45, 2.75) is 31.3 Å². The van der Waals surface area contributed by atoms with Crippen LogP contribution in [0.3, 0.4) is 0 Å². The van der Waals surface area contributed by atoms with Gasteiger partial charge in [0, 0.05) is 7.05 Å². The maximum atomic E-state index is 15.4. The molecule has 1 aliphatic heterocycles. The molecule has 0 amide bonds. The quantitative estimate of drug-likeness (QED) is 0.559. The number of carbonyl (C=O) groups excluding carboxylic acids is 2. The minimum Gasteiger partial charge on any atom is -0.462 e. The number of alkyl halides is 1. The van der Waals surface area contributed by atoms with Crippen molar-refractivity contribution in [1.82, 2.24) is 19.5 Å². The summed E-state index contributed by atoms with van der Waals surface area (Å²) in [6, 6.07) is 9.00. The van der Waals surface area contributed by atoms with Crippen molar-refractivity contribution in [1.29, 1.82) is 0 Å². The number of nitrogens with two attached hydrogens (primary N) is 1. The van der Waals surface area contributed by atoms with E-state index >= 15 is 4.39 Å². The first kappa shape index (κ1) is 20.7. The van der Waals surface area contributed by atoms with E-state index in [1.54, 1.807) is 31.3 Å². The van der Waals surface area contributed by atoms with Crippen molar-refractivity contribution in [2.75, 3.05) is 24.7 Å². The van der Waals surface area contributed by atoms with Gasteiger partial charge in [-0.1, -0.05) is 30.3 Å². The van der Waals surface area contributed by atoms with Crippen molar-refractivity contribution in [2.24, 2.45) is 0 Å². The van der Waals surface area contributed by atoms with Gasteiger partial charge in [0.05, 0.1) is 12.7 Å². The number of ketones is 1. The Balaban J connectivity index is 1.52. The second kappa shape index (κ2) is 7.91. The number of imidazole rings is 1. The molecule has 0 spiro atoms. The minimum absolute atomic E-state index is 0.0349. The summed E-state index contributed by atoms with van der Waals surface area (Å²) in [7, 11) is 1.63. The molecule has 0 radical (unpaired) electrons. The van der Waals surface area contributed by atoms with Gasteiger partial charge in [-0.3, -0.25) is 14.2 Å². The minimum atomic E-state index is -2.40. The number of Topliss-reactive ketones (excluding diaryl/α,β-unsaturated/α-hetero) is 1. The SMILES string of the molecule is CNc1nc(N)nc2c1ncn2[C@@H]1O[C@H](COC(=O)Cc2ccccc2)C(=O)[C@@]1(C)F. The Kier molecular flexibility index (Phi) is 5.27. The van der Waals surface area contributed by atoms with E-state index in [0.717, 1.165) is 12.5 Å². The van der Waals surface area contributed by atoms with Gasteiger partial charge in [-0.15, -0.1) is 0 Å². The van der Waals surface area contributed by atoms with E-state index in [1.807, 2.05) is 6.07 Å². The maximum absolute atomic E-state index is 15.4. The van der Waals surface area contributed by atoms with Crippen LogP contribution in [0.2, 0.25) is 0 Å². The third-order valence-electron chi connectivity index (χ3n) is 5.05. The molecule has 1 saturated heterocycles. The van der Waals surface area contributed by atoms with Gasteiger partial charge in [0.2, 0.25) is 17.4 Å². The number of esters is 1. The number of anilines is 2. The monoisotopic (exact) mass is 428 g/mol. The number of fused-ring (bicyclic) bond motifs is 1. The lowest BCUT2D eigenvalue weighted by Gasteiger charge is -2.21. The molecule has 0 bridgehead atoms. The standard InChI is InChI=1S/C20H21FN6O4/c1-20(21)15(29)12(9-30-13(28)8-11-6-4-3-5-7-11)31-18(20)27-10-24-14-16(23-2)25-19(22)26-17(14)27/h3-7,10,12,18H,8-9H2,1-2H3,(H3,22,23,25,26)/t12-,18-,20-/m1/s1. The van der Waals surface area contributed by atoms with E-state index < -0.39 is 36.4 Å². The molecule has 31 heavy (non-hydrogen) atoms. The molecule has 162 valence electrons. The van der Waals surface area contributed by atoms with Crippen LogP contribution in [0, 0.1) is 0 Å². The topological polar surface area (TPSA) is 134 Å². The molecule has 3 heterocycles. The molecule has 0 unspecified atom stereocenters. The lowest BCUT2D eigenvalue weighted by atomic mass is 10.0. The Hall–Kier alpha value is -3.60. The zero-order chi connectivity index (χ0) is 22.2. The first-order chi connectivity index (χ1) is 14.8. The van der Waals surface area contributed by atoms with Crippen LogP contribution < -0.4 is 11.1 Å². The lowest BCUT2D eigenvalue weighted by molar-refractivity contribution is -0.149. The summed E-state index contributed by atoms with van der Waals surface area (Å²) in [5.41, 5.74) is 4.65. The van der Waals surface area contributed by atoms with Crippen molar-refractivity contribution in [3.63, 3.8) is 0 Å². The van der Waals surface area contributed by atoms with E-state index in [-0.39, 0.29) is 18.0 Å². The van der Waals surface area contributed by atoms with Crippen LogP contribution in [0.15, 0.2) is 36.7 Å². The van der Waals surface area contributed by atoms with Gasteiger partial charge >= 0.3 is 5.97 Å². The normalized spacial score (nSPS) is 23.3. The van der Waals surface area contributed by atoms with Gasteiger partial charge in [0.15, 0.2) is 29.3 Å². The van der Waals surface area contributed by atoms with E-state index in [1.165, 1.54) is 10.9 Å². The molecule has 3 atom stereocenters. The third-order valence-corrected chi connectivity index (χ3v) is 5.05. The van der Waals surface area contributed by atoms with Crippen LogP contribution in [0.4, 0.5) is 16.2 Å². The Bertz CT molecular complexity index is 1130. The molecule has 0 aliphatic carbocycles. The fraction of sp³-hybridized carbons (Fsp3) is 0.350. The second-order valence-electron chi connectivity index (χ2n) is 7.27. The molecule has 2 aromatic heterocycles. The number of carbonyl (C=O) groups is 2. The fourth-order valence-corrected chi connectivity index (χ4v) is 3.48. The second-order valence-corrected chi connectivity index (χ2v) is 7.27. The van der Waals surface area contributed by atoms with E-state index in [0.29, 0.717) is 11.3 Å². The molecule has 0 saturated carbocycles. The molecule has 1 fully saturated rings. The van der Waals surface area contributed by atoms with Gasteiger partial charge in [0.25, 0.3) is 0 Å². The number of nitrogens with one attached hydrogen (secondary N) is 1. The number of hydrogen-bond donors (Lipinski definition) is 2. The summed E-state index contributed by atoms with van der Waals surface area (Å²) in [5.74, 6) is -1.06. The van der Waals surface area contributed by atoms with Gasteiger partial charge in [0.1, 0.15) is 6.61 Å². The predicted molar refractivity (Wildman–Crippen MR) is 109 cm³/mol. The fourth-order valence-electron chi connectivity index (χ4n) is 3.48. The number of halogens is 1. The molecular weight excluding hydrogens is 407 g/mol. The summed E-state index contributed by atoms with van der Waals surface area (Å²) >= 11 is 0. The number of hydrogen-bond acceptors (Lipinski definition) is 9. The molecule has 11 heteroatoms. The predicted octanol–water partition coefficient (Wildman–Crippen LogP) is 1.43. The van der Waals surface area contributed by atoms with Gasteiger partial charge in [-0.2, -0.15) is 9.97 Å². The van der Waals surface area contributed by atoms with E-state index in [4.69, 9.17) is 15.2 Å². The average molecular weight is 428 g/mol. The highest BCUT2D eigenvalue weighted by atomic mass is 19.1. The van der Waals surface area contributed by atoms with Crippen LogP contribution in [0.5, 0.6) is 0 Å². The number of nitrogens with zero attached hydrogens (tertiary/aromatic N) is 4. The van der Waals surface area contributed by atoms with Crippen LogP contribution in [0.25, 0.3) is 11.2 Å². The highest BCUT2D eigenvalue weighted by molar-refractivity contribution is 5.94. The Morgan fingerprint density at radius 3 is 2.81 bits per heavy atom. The number of rotatable bonds is 6. The van der Waals surface area contributed by atoms with E-state index in [2.05, 4.69) is 20.3 Å². The molecule has 3 N–H and O–H groups in total. The molecular formula is C20H21FN6O4. The molecule has 1 aliphatic rings. The third kappa shape index (κ3) is 3.79. The van der Waals surface area contributed by atoms with Crippen molar-refractivity contribution < 1.29 is 23.5 Å². The summed E-state index contributed by atoms with van der Waals surface area (Å²) in [5, 5.41) is 2.84. The zero-order valence-electron chi connectivity index (χ0n) is 16.9. The maximum Gasteiger partial charge on any atom is 0.310 e. The Labute approximate surface area is 176 Å².